The molecule has 1 atom stereocenters. The van der Waals surface area contributed by atoms with Gasteiger partial charge in [-0.1, -0.05) is 13.3 Å². The van der Waals surface area contributed by atoms with Crippen molar-refractivity contribution in [1.82, 2.24) is 0 Å². The molecule has 0 saturated carbocycles. The smallest absolute Gasteiger partial charge is 0.133 e. The van der Waals surface area contributed by atoms with Gasteiger partial charge in [0.2, 0.25) is 0 Å². The average molecular weight is 170 g/mol. The fourth-order valence-electron chi connectivity index (χ4n) is 1.54. The molecule has 70 valence electrons. The average Bonchev–Trinajstić information content (AvgIpc) is 2.53. The van der Waals surface area contributed by atoms with E-state index in [4.69, 9.17) is 4.74 Å². The molecule has 12 heavy (non-hydrogen) atoms. The van der Waals surface area contributed by atoms with Crippen molar-refractivity contribution in [3.8, 4) is 0 Å². The van der Waals surface area contributed by atoms with Crippen LogP contribution >= 0.6 is 0 Å². The lowest BCUT2D eigenvalue weighted by Crippen LogP contribution is -2.07. The maximum absolute atomic E-state index is 11.3. The Balaban J connectivity index is 2.08. The van der Waals surface area contributed by atoms with E-state index < -0.39 is 0 Å². The first kappa shape index (κ1) is 9.72. The summed E-state index contributed by atoms with van der Waals surface area (Å²) < 4.78 is 5.21. The Labute approximate surface area is 74.3 Å². The molecule has 0 aromatic carbocycles. The van der Waals surface area contributed by atoms with Gasteiger partial charge in [0.1, 0.15) is 5.78 Å². The van der Waals surface area contributed by atoms with Gasteiger partial charge in [-0.15, -0.1) is 0 Å². The summed E-state index contributed by atoms with van der Waals surface area (Å²) in [7, 11) is 0. The van der Waals surface area contributed by atoms with Gasteiger partial charge in [0.15, 0.2) is 0 Å². The fourth-order valence-corrected chi connectivity index (χ4v) is 1.54. The van der Waals surface area contributed by atoms with Crippen LogP contribution in [0.25, 0.3) is 0 Å². The predicted molar refractivity (Wildman–Crippen MR) is 48.1 cm³/mol. The van der Waals surface area contributed by atoms with Crippen LogP contribution in [0.1, 0.15) is 39.0 Å². The molecule has 0 spiro atoms. The Kier molecular flexibility index (Phi) is 4.30. The van der Waals surface area contributed by atoms with Crippen molar-refractivity contribution in [3.63, 3.8) is 0 Å². The van der Waals surface area contributed by atoms with Crippen LogP contribution in [0.3, 0.4) is 0 Å². The maximum atomic E-state index is 11.3. The molecule has 0 amide bonds. The van der Waals surface area contributed by atoms with Crippen LogP contribution in [0, 0.1) is 5.92 Å². The van der Waals surface area contributed by atoms with E-state index in [1.165, 1.54) is 0 Å². The van der Waals surface area contributed by atoms with E-state index in [1.54, 1.807) is 0 Å². The molecule has 0 aromatic heterocycles. The van der Waals surface area contributed by atoms with Crippen LogP contribution in [-0.4, -0.2) is 19.0 Å². The molecule has 0 aliphatic carbocycles. The first-order chi connectivity index (χ1) is 5.83. The molecule has 0 N–H and O–H groups in total. The molecule has 0 bridgehead atoms. The molecule has 0 aromatic rings. The van der Waals surface area contributed by atoms with Gasteiger partial charge in [0.05, 0.1) is 0 Å². The topological polar surface area (TPSA) is 26.3 Å². The lowest BCUT2D eigenvalue weighted by atomic mass is 9.99. The third kappa shape index (κ3) is 3.35. The number of ketones is 1. The zero-order valence-electron chi connectivity index (χ0n) is 7.84. The summed E-state index contributed by atoms with van der Waals surface area (Å²) in [6.07, 6.45) is 4.77. The highest BCUT2D eigenvalue weighted by atomic mass is 16.5. The SMILES string of the molecule is CCCCC(=O)CC1CCOC1. The highest BCUT2D eigenvalue weighted by Gasteiger charge is 2.18. The number of unbranched alkanes of at least 4 members (excludes halogenated alkanes) is 1. The summed E-state index contributed by atoms with van der Waals surface area (Å²) in [5.74, 6) is 0.946. The predicted octanol–water partition coefficient (Wildman–Crippen LogP) is 2.17. The first-order valence-corrected chi connectivity index (χ1v) is 4.92. The number of ether oxygens (including phenoxy) is 1. The Morgan fingerprint density at radius 1 is 1.58 bits per heavy atom. The molecule has 0 radical (unpaired) electrons. The van der Waals surface area contributed by atoms with Gasteiger partial charge in [-0.05, 0) is 18.8 Å². The third-order valence-corrected chi connectivity index (χ3v) is 2.35. The first-order valence-electron chi connectivity index (χ1n) is 4.92. The zero-order chi connectivity index (χ0) is 8.81. The second kappa shape index (κ2) is 5.31. The molecule has 1 fully saturated rings. The van der Waals surface area contributed by atoms with Crippen molar-refractivity contribution in [2.75, 3.05) is 13.2 Å². The summed E-state index contributed by atoms with van der Waals surface area (Å²) in [6.45, 7) is 3.77. The van der Waals surface area contributed by atoms with Crippen molar-refractivity contribution in [2.24, 2.45) is 5.92 Å². The highest BCUT2D eigenvalue weighted by molar-refractivity contribution is 5.78. The van der Waals surface area contributed by atoms with Gasteiger partial charge >= 0.3 is 0 Å². The van der Waals surface area contributed by atoms with Crippen LogP contribution < -0.4 is 0 Å². The van der Waals surface area contributed by atoms with E-state index in [9.17, 15) is 4.79 Å². The third-order valence-electron chi connectivity index (χ3n) is 2.35. The minimum absolute atomic E-state index is 0.423. The Bertz CT molecular complexity index is 137. The number of hydrogen-bond donors (Lipinski definition) is 0. The molecule has 1 aliphatic heterocycles. The number of carbonyl (C=O) groups is 1. The Morgan fingerprint density at radius 2 is 2.42 bits per heavy atom. The van der Waals surface area contributed by atoms with E-state index in [2.05, 4.69) is 6.92 Å². The van der Waals surface area contributed by atoms with E-state index in [0.29, 0.717) is 11.7 Å². The molecule has 1 aliphatic rings. The van der Waals surface area contributed by atoms with Crippen molar-refractivity contribution in [1.29, 1.82) is 0 Å². The minimum Gasteiger partial charge on any atom is -0.381 e. The second-order valence-corrected chi connectivity index (χ2v) is 3.58. The number of carbonyl (C=O) groups excluding carboxylic acids is 1. The van der Waals surface area contributed by atoms with Crippen LogP contribution in [0.5, 0.6) is 0 Å². The maximum Gasteiger partial charge on any atom is 0.133 e. The van der Waals surface area contributed by atoms with Gasteiger partial charge in [0, 0.05) is 26.1 Å². The summed E-state index contributed by atoms with van der Waals surface area (Å²) in [5, 5.41) is 0. The van der Waals surface area contributed by atoms with Crippen molar-refractivity contribution >= 4 is 5.78 Å². The second-order valence-electron chi connectivity index (χ2n) is 3.58. The highest BCUT2D eigenvalue weighted by Crippen LogP contribution is 2.17. The van der Waals surface area contributed by atoms with Crippen molar-refractivity contribution < 1.29 is 9.53 Å². The van der Waals surface area contributed by atoms with E-state index in [1.807, 2.05) is 0 Å². The van der Waals surface area contributed by atoms with E-state index in [0.717, 1.165) is 45.3 Å². The van der Waals surface area contributed by atoms with Gasteiger partial charge in [-0.3, -0.25) is 4.79 Å². The molecule has 1 saturated heterocycles. The minimum atomic E-state index is 0.423. The lowest BCUT2D eigenvalue weighted by Gasteiger charge is -2.04. The monoisotopic (exact) mass is 170 g/mol. The number of Topliss-reactive ketones (excluding diaryl/α,β-unsaturated/α-hetero) is 1. The van der Waals surface area contributed by atoms with E-state index >= 15 is 0 Å². The summed E-state index contributed by atoms with van der Waals surface area (Å²) >= 11 is 0. The molecular weight excluding hydrogens is 152 g/mol. The standard InChI is InChI=1S/C10H18O2/c1-2-3-4-10(11)7-9-5-6-12-8-9/h9H,2-8H2,1H3. The summed E-state index contributed by atoms with van der Waals surface area (Å²) in [4.78, 5) is 11.3. The summed E-state index contributed by atoms with van der Waals surface area (Å²) in [6, 6.07) is 0. The number of hydrogen-bond acceptors (Lipinski definition) is 2. The molecule has 1 heterocycles. The van der Waals surface area contributed by atoms with E-state index in [-0.39, 0.29) is 0 Å². The fraction of sp³-hybridized carbons (Fsp3) is 0.900. The Hall–Kier alpha value is -0.370. The zero-order valence-corrected chi connectivity index (χ0v) is 7.84. The molecule has 2 nitrogen and oxygen atoms in total. The lowest BCUT2D eigenvalue weighted by molar-refractivity contribution is -0.120. The molecule has 2 heteroatoms. The van der Waals surface area contributed by atoms with Gasteiger partial charge < -0.3 is 4.74 Å². The van der Waals surface area contributed by atoms with Crippen molar-refractivity contribution in [3.05, 3.63) is 0 Å². The van der Waals surface area contributed by atoms with Gasteiger partial charge in [-0.25, -0.2) is 0 Å². The molecule has 1 unspecified atom stereocenters. The van der Waals surface area contributed by atoms with Gasteiger partial charge in [0.25, 0.3) is 0 Å². The quantitative estimate of drug-likeness (QED) is 0.632. The van der Waals surface area contributed by atoms with Crippen molar-refractivity contribution in [2.45, 2.75) is 39.0 Å². The summed E-state index contributed by atoms with van der Waals surface area (Å²) in [5.41, 5.74) is 0. The molecular formula is C10H18O2. The van der Waals surface area contributed by atoms with Crippen LogP contribution in [-0.2, 0) is 9.53 Å². The van der Waals surface area contributed by atoms with Gasteiger partial charge in [-0.2, -0.15) is 0 Å². The van der Waals surface area contributed by atoms with Crippen LogP contribution in [0.2, 0.25) is 0 Å². The Morgan fingerprint density at radius 3 is 3.00 bits per heavy atom. The normalized spacial score (nSPS) is 22.9. The van der Waals surface area contributed by atoms with Crippen LogP contribution in [0.15, 0.2) is 0 Å². The molecule has 1 rings (SSSR count). The van der Waals surface area contributed by atoms with Crippen LogP contribution in [0.4, 0.5) is 0 Å². The largest absolute Gasteiger partial charge is 0.381 e. The number of rotatable bonds is 5.